The normalized spacial score (nSPS) is 12.7. The van der Waals surface area contributed by atoms with Crippen LogP contribution >= 0.6 is 0 Å². The number of para-hydroxylation sites is 2. The van der Waals surface area contributed by atoms with Crippen LogP contribution in [-0.4, -0.2) is 27.4 Å². The Morgan fingerprint density at radius 2 is 1.56 bits per heavy atom. The molecule has 0 N–H and O–H groups in total. The van der Waals surface area contributed by atoms with Crippen LogP contribution in [0.25, 0.3) is 22.2 Å². The van der Waals surface area contributed by atoms with Gasteiger partial charge in [-0.25, -0.2) is 15.0 Å². The van der Waals surface area contributed by atoms with Gasteiger partial charge < -0.3 is 0 Å². The molecular weight excluding hydrogens is 335 g/mol. The van der Waals surface area contributed by atoms with E-state index < -0.39 is 0 Å². The summed E-state index contributed by atoms with van der Waals surface area (Å²) in [7, 11) is 2.11. The lowest BCUT2D eigenvalue weighted by Crippen LogP contribution is -2.30. The summed E-state index contributed by atoms with van der Waals surface area (Å²) in [4.78, 5) is 27.3. The maximum Gasteiger partial charge on any atom is 0.282 e. The number of nitrogens with zero attached hydrogens (tertiary/aromatic N) is 4. The molecule has 0 spiro atoms. The fourth-order valence-corrected chi connectivity index (χ4v) is 3.18. The second kappa shape index (κ2) is 6.95. The van der Waals surface area contributed by atoms with E-state index in [-0.39, 0.29) is 11.4 Å². The highest BCUT2D eigenvalue weighted by Gasteiger charge is 2.21. The molecule has 4 aromatic rings. The van der Waals surface area contributed by atoms with Crippen LogP contribution in [0, 0.1) is 5.92 Å². The first kappa shape index (κ1) is 17.4. The second-order valence-corrected chi connectivity index (χ2v) is 7.26. The van der Waals surface area contributed by atoms with Crippen LogP contribution in [0.3, 0.4) is 0 Å². The molecule has 2 aromatic heterocycles. The first-order chi connectivity index (χ1) is 13.0. The van der Waals surface area contributed by atoms with Crippen molar-refractivity contribution in [1.82, 2.24) is 19.5 Å². The Balaban J connectivity index is 2.00. The Kier molecular flexibility index (Phi) is 4.48. The molecule has 0 saturated heterocycles. The number of hydrogen-bond donors (Lipinski definition) is 0. The Bertz CT molecular complexity index is 1170. The lowest BCUT2D eigenvalue weighted by Gasteiger charge is -2.20. The van der Waals surface area contributed by atoms with Gasteiger partial charge in [0, 0.05) is 0 Å². The van der Waals surface area contributed by atoms with Crippen LogP contribution in [0.1, 0.15) is 31.1 Å². The van der Waals surface area contributed by atoms with E-state index >= 15 is 0 Å². The standard InChI is InChI=1S/C21H21BN4O/c1-13(2)17(22)20-25-19-18(23-15-10-6-7-11-16(15)24-19)21(27)26(20)12-14-8-4-3-5-9-14/h3-11,13,17H,12,22H2,1-2H3. The number of fused-ring (bicyclic) bond motifs is 2. The van der Waals surface area contributed by atoms with Gasteiger partial charge in [-0.2, -0.15) is 0 Å². The van der Waals surface area contributed by atoms with Crippen molar-refractivity contribution in [3.63, 3.8) is 0 Å². The van der Waals surface area contributed by atoms with E-state index in [4.69, 9.17) is 4.98 Å². The molecule has 0 aliphatic rings. The maximum atomic E-state index is 13.3. The summed E-state index contributed by atoms with van der Waals surface area (Å²) in [5.74, 6) is 1.24. The highest BCUT2D eigenvalue weighted by atomic mass is 16.1. The van der Waals surface area contributed by atoms with E-state index in [9.17, 15) is 4.79 Å². The van der Waals surface area contributed by atoms with Gasteiger partial charge in [0.15, 0.2) is 11.2 Å². The molecule has 0 fully saturated rings. The Labute approximate surface area is 158 Å². The lowest BCUT2D eigenvalue weighted by atomic mass is 9.77. The number of rotatable bonds is 4. The van der Waals surface area contributed by atoms with Gasteiger partial charge in [0.2, 0.25) is 0 Å². The Hall–Kier alpha value is -3.02. The zero-order valence-electron chi connectivity index (χ0n) is 15.8. The lowest BCUT2D eigenvalue weighted by molar-refractivity contribution is 0.553. The predicted molar refractivity (Wildman–Crippen MR) is 111 cm³/mol. The van der Waals surface area contributed by atoms with Crippen molar-refractivity contribution >= 4 is 30.0 Å². The molecular formula is C21H21BN4O. The zero-order valence-corrected chi connectivity index (χ0v) is 15.8. The monoisotopic (exact) mass is 356 g/mol. The summed E-state index contributed by atoms with van der Waals surface area (Å²) in [6.45, 7) is 4.75. The summed E-state index contributed by atoms with van der Waals surface area (Å²) in [5.41, 5.74) is 3.13. The fourth-order valence-electron chi connectivity index (χ4n) is 3.18. The van der Waals surface area contributed by atoms with Crippen LogP contribution in [-0.2, 0) is 6.54 Å². The maximum absolute atomic E-state index is 13.3. The molecule has 1 unspecified atom stereocenters. The third kappa shape index (κ3) is 3.23. The van der Waals surface area contributed by atoms with E-state index in [2.05, 4.69) is 31.7 Å². The molecule has 0 amide bonds. The highest BCUT2D eigenvalue weighted by Crippen LogP contribution is 2.21. The van der Waals surface area contributed by atoms with Gasteiger partial charge in [-0.05, 0) is 29.4 Å². The van der Waals surface area contributed by atoms with Crippen LogP contribution in [0.4, 0.5) is 0 Å². The molecule has 6 heteroatoms. The summed E-state index contributed by atoms with van der Waals surface area (Å²) >= 11 is 0. The summed E-state index contributed by atoms with van der Waals surface area (Å²) in [6.07, 6.45) is 0. The number of benzene rings is 2. The van der Waals surface area contributed by atoms with Gasteiger partial charge in [0.25, 0.3) is 5.56 Å². The molecule has 0 saturated carbocycles. The van der Waals surface area contributed by atoms with E-state index in [0.29, 0.717) is 29.1 Å². The smallest absolute Gasteiger partial charge is 0.282 e. The number of aromatic nitrogens is 4. The van der Waals surface area contributed by atoms with E-state index in [0.717, 1.165) is 16.9 Å². The van der Waals surface area contributed by atoms with Gasteiger partial charge in [0.05, 0.1) is 17.6 Å². The molecule has 0 radical (unpaired) electrons. The van der Waals surface area contributed by atoms with Crippen molar-refractivity contribution in [3.8, 4) is 0 Å². The SMILES string of the molecule is BC(c1nc2nc3ccccc3nc2c(=O)n1Cc1ccccc1)C(C)C. The molecule has 2 aromatic carbocycles. The Morgan fingerprint density at radius 1 is 0.926 bits per heavy atom. The van der Waals surface area contributed by atoms with Crippen LogP contribution in [0.2, 0.25) is 0 Å². The molecule has 4 rings (SSSR count). The molecule has 5 nitrogen and oxygen atoms in total. The minimum Gasteiger partial charge on any atom is -0.291 e. The van der Waals surface area contributed by atoms with Crippen LogP contribution in [0.15, 0.2) is 59.4 Å². The topological polar surface area (TPSA) is 60.7 Å². The minimum absolute atomic E-state index is 0.124. The molecule has 1 atom stereocenters. The molecule has 0 aliphatic heterocycles. The molecule has 2 heterocycles. The van der Waals surface area contributed by atoms with Crippen LogP contribution < -0.4 is 5.56 Å². The van der Waals surface area contributed by atoms with Gasteiger partial charge in [-0.15, -0.1) is 0 Å². The van der Waals surface area contributed by atoms with Crippen molar-refractivity contribution < 1.29 is 0 Å². The van der Waals surface area contributed by atoms with Crippen molar-refractivity contribution in [2.24, 2.45) is 5.92 Å². The van der Waals surface area contributed by atoms with Crippen molar-refractivity contribution in [2.45, 2.75) is 26.2 Å². The average Bonchev–Trinajstić information content (AvgIpc) is 2.69. The summed E-state index contributed by atoms with van der Waals surface area (Å²) < 4.78 is 1.76. The Morgan fingerprint density at radius 3 is 2.22 bits per heavy atom. The average molecular weight is 356 g/mol. The van der Waals surface area contributed by atoms with Gasteiger partial charge in [0.1, 0.15) is 13.7 Å². The van der Waals surface area contributed by atoms with Crippen molar-refractivity contribution in [1.29, 1.82) is 0 Å². The fraction of sp³-hybridized carbons (Fsp3) is 0.238. The largest absolute Gasteiger partial charge is 0.291 e. The van der Waals surface area contributed by atoms with Crippen LogP contribution in [0.5, 0.6) is 0 Å². The minimum atomic E-state index is -0.135. The third-order valence-corrected chi connectivity index (χ3v) is 5.09. The van der Waals surface area contributed by atoms with E-state index in [1.807, 2.05) is 54.6 Å². The zero-order chi connectivity index (χ0) is 19.0. The van der Waals surface area contributed by atoms with E-state index in [1.165, 1.54) is 0 Å². The second-order valence-electron chi connectivity index (χ2n) is 7.26. The molecule has 0 bridgehead atoms. The first-order valence-corrected chi connectivity index (χ1v) is 9.25. The van der Waals surface area contributed by atoms with Gasteiger partial charge in [-0.1, -0.05) is 56.3 Å². The highest BCUT2D eigenvalue weighted by molar-refractivity contribution is 6.12. The molecule has 27 heavy (non-hydrogen) atoms. The van der Waals surface area contributed by atoms with Gasteiger partial charge in [-0.3, -0.25) is 9.36 Å². The first-order valence-electron chi connectivity index (χ1n) is 9.25. The summed E-state index contributed by atoms with van der Waals surface area (Å²) in [6, 6.07) is 17.5. The van der Waals surface area contributed by atoms with Gasteiger partial charge >= 0.3 is 0 Å². The number of hydrogen-bond acceptors (Lipinski definition) is 4. The predicted octanol–water partition coefficient (Wildman–Crippen LogP) is 2.72. The molecule has 0 aliphatic carbocycles. The molecule has 134 valence electrons. The van der Waals surface area contributed by atoms with E-state index in [1.54, 1.807) is 4.57 Å². The quantitative estimate of drug-likeness (QED) is 0.417. The van der Waals surface area contributed by atoms with Crippen molar-refractivity contribution in [3.05, 3.63) is 76.3 Å². The van der Waals surface area contributed by atoms with Crippen molar-refractivity contribution in [2.75, 3.05) is 0 Å². The third-order valence-electron chi connectivity index (χ3n) is 5.09. The summed E-state index contributed by atoms with van der Waals surface area (Å²) in [5, 5.41) is 0.